The molecule has 0 heterocycles. The van der Waals surface area contributed by atoms with E-state index in [1.54, 1.807) is 30.3 Å². The summed E-state index contributed by atoms with van der Waals surface area (Å²) in [4.78, 5) is 36.8. The van der Waals surface area contributed by atoms with E-state index in [2.05, 4.69) is 10.6 Å². The minimum atomic E-state index is -0.212. The van der Waals surface area contributed by atoms with Gasteiger partial charge in [-0.05, 0) is 79.8 Å². The molecule has 0 atom stereocenters. The zero-order valence-electron chi connectivity index (χ0n) is 20.5. The number of carbonyl (C=O) groups excluding carboxylic acids is 3. The summed E-state index contributed by atoms with van der Waals surface area (Å²) in [5, 5.41) is 7.76. The van der Waals surface area contributed by atoms with Gasteiger partial charge in [0.1, 0.15) is 5.75 Å². The summed E-state index contributed by atoms with van der Waals surface area (Å²) in [5.41, 5.74) is 1.11. The van der Waals surface area contributed by atoms with E-state index >= 15 is 0 Å². The molecular weight excluding hydrogens is 456 g/mol. The Kier molecular flexibility index (Phi) is 8.55. The highest BCUT2D eigenvalue weighted by Crippen LogP contribution is 2.28. The van der Waals surface area contributed by atoms with Crippen LogP contribution in [0.2, 0.25) is 0 Å². The van der Waals surface area contributed by atoms with Gasteiger partial charge < -0.3 is 20.1 Å². The van der Waals surface area contributed by atoms with Crippen LogP contribution in [0, 0.1) is 5.92 Å². The molecular formula is C29H32N2O5. The topological polar surface area (TPSA) is 93.7 Å². The van der Waals surface area contributed by atoms with Crippen LogP contribution in [0.1, 0.15) is 53.3 Å². The first kappa shape index (κ1) is 25.2. The lowest BCUT2D eigenvalue weighted by atomic mass is 9.87. The largest absolute Gasteiger partial charge is 0.490 e. The lowest BCUT2D eigenvalue weighted by Gasteiger charge is -2.27. The number of benzene rings is 3. The minimum Gasteiger partial charge on any atom is -0.490 e. The van der Waals surface area contributed by atoms with Gasteiger partial charge in [0.15, 0.2) is 0 Å². The highest BCUT2D eigenvalue weighted by molar-refractivity contribution is 5.98. The zero-order chi connectivity index (χ0) is 25.3. The van der Waals surface area contributed by atoms with Gasteiger partial charge in [0, 0.05) is 24.2 Å². The van der Waals surface area contributed by atoms with Crippen molar-refractivity contribution < 1.29 is 23.9 Å². The van der Waals surface area contributed by atoms with E-state index in [1.165, 1.54) is 0 Å². The van der Waals surface area contributed by atoms with Crippen molar-refractivity contribution in [1.29, 1.82) is 0 Å². The molecule has 2 N–H and O–H groups in total. The SMILES string of the molecule is CCOC(=O)[C@H]1CC[C@@H](Oc2ccc(C(=O)NCCNC(=O)c3ccc4ccccc4c3)cc2)CC1. The number of hydrogen-bond donors (Lipinski definition) is 2. The van der Waals surface area contributed by atoms with Gasteiger partial charge >= 0.3 is 5.97 Å². The summed E-state index contributed by atoms with van der Waals surface area (Å²) < 4.78 is 11.2. The standard InChI is InChI=1S/C29H32N2O5/c1-2-35-29(34)22-11-15-26(16-12-22)36-25-13-9-21(10-14-25)27(32)30-17-18-31-28(33)24-8-7-20-5-3-4-6-23(20)19-24/h3-10,13-14,19,22,26H,2,11-12,15-18H2,1H3,(H,30,32)(H,31,33)/t22-,26+. The maximum atomic E-state index is 12.5. The first-order valence-electron chi connectivity index (χ1n) is 12.5. The molecule has 1 aliphatic rings. The van der Waals surface area contributed by atoms with E-state index in [0.717, 1.165) is 36.5 Å². The quantitative estimate of drug-likeness (QED) is 0.342. The smallest absolute Gasteiger partial charge is 0.308 e. The van der Waals surface area contributed by atoms with Gasteiger partial charge in [-0.25, -0.2) is 0 Å². The molecule has 7 heteroatoms. The second kappa shape index (κ2) is 12.2. The molecule has 0 aliphatic heterocycles. The summed E-state index contributed by atoms with van der Waals surface area (Å²) in [5.74, 6) is 0.172. The molecule has 0 saturated heterocycles. The maximum absolute atomic E-state index is 12.5. The molecule has 0 aromatic heterocycles. The van der Waals surface area contributed by atoms with Gasteiger partial charge in [-0.15, -0.1) is 0 Å². The van der Waals surface area contributed by atoms with Crippen molar-refractivity contribution in [2.45, 2.75) is 38.7 Å². The van der Waals surface area contributed by atoms with Crippen molar-refractivity contribution in [2.24, 2.45) is 5.92 Å². The number of fused-ring (bicyclic) bond motifs is 1. The molecule has 1 fully saturated rings. The third kappa shape index (κ3) is 6.62. The second-order valence-corrected chi connectivity index (χ2v) is 8.94. The summed E-state index contributed by atoms with van der Waals surface area (Å²) in [6.45, 7) is 2.88. The Bertz CT molecular complexity index is 1200. The Balaban J connectivity index is 1.18. The average molecular weight is 489 g/mol. The van der Waals surface area contributed by atoms with Crippen molar-refractivity contribution in [3.8, 4) is 5.75 Å². The normalized spacial score (nSPS) is 17.2. The summed E-state index contributed by atoms with van der Waals surface area (Å²) >= 11 is 0. The number of nitrogens with one attached hydrogen (secondary N) is 2. The lowest BCUT2D eigenvalue weighted by molar-refractivity contribution is -0.149. The van der Waals surface area contributed by atoms with Crippen LogP contribution in [0.25, 0.3) is 10.8 Å². The van der Waals surface area contributed by atoms with Gasteiger partial charge in [0.2, 0.25) is 0 Å². The highest BCUT2D eigenvalue weighted by Gasteiger charge is 2.28. The molecule has 2 amide bonds. The van der Waals surface area contributed by atoms with Gasteiger partial charge in [-0.3, -0.25) is 14.4 Å². The summed E-state index contributed by atoms with van der Waals surface area (Å²) in [6.07, 6.45) is 3.19. The van der Waals surface area contributed by atoms with Gasteiger partial charge in [-0.2, -0.15) is 0 Å². The predicted molar refractivity (Wildman–Crippen MR) is 138 cm³/mol. The Morgan fingerprint density at radius 2 is 1.39 bits per heavy atom. The molecule has 0 radical (unpaired) electrons. The molecule has 188 valence electrons. The monoisotopic (exact) mass is 488 g/mol. The molecule has 1 saturated carbocycles. The fraction of sp³-hybridized carbons (Fsp3) is 0.345. The number of amides is 2. The first-order valence-corrected chi connectivity index (χ1v) is 12.5. The zero-order valence-corrected chi connectivity index (χ0v) is 20.5. The number of hydrogen-bond acceptors (Lipinski definition) is 5. The van der Waals surface area contributed by atoms with Gasteiger partial charge in [-0.1, -0.05) is 30.3 Å². The fourth-order valence-corrected chi connectivity index (χ4v) is 4.44. The van der Waals surface area contributed by atoms with Gasteiger partial charge in [0.05, 0.1) is 18.6 Å². The summed E-state index contributed by atoms with van der Waals surface area (Å²) in [7, 11) is 0. The molecule has 4 rings (SSSR count). The average Bonchev–Trinajstić information content (AvgIpc) is 2.91. The molecule has 1 aliphatic carbocycles. The number of esters is 1. The molecule has 0 bridgehead atoms. The van der Waals surface area contributed by atoms with Crippen LogP contribution in [0.5, 0.6) is 5.75 Å². The van der Waals surface area contributed by atoms with Crippen molar-refractivity contribution >= 4 is 28.6 Å². The molecule has 36 heavy (non-hydrogen) atoms. The number of rotatable bonds is 9. The van der Waals surface area contributed by atoms with Crippen LogP contribution in [-0.2, 0) is 9.53 Å². The number of carbonyl (C=O) groups is 3. The van der Waals surface area contributed by atoms with Crippen molar-refractivity contribution in [2.75, 3.05) is 19.7 Å². The first-order chi connectivity index (χ1) is 17.5. The van der Waals surface area contributed by atoms with E-state index in [9.17, 15) is 14.4 Å². The highest BCUT2D eigenvalue weighted by atomic mass is 16.5. The van der Waals surface area contributed by atoms with Crippen LogP contribution < -0.4 is 15.4 Å². The van der Waals surface area contributed by atoms with E-state index in [0.29, 0.717) is 36.6 Å². The Morgan fingerprint density at radius 1 is 0.778 bits per heavy atom. The molecule has 7 nitrogen and oxygen atoms in total. The maximum Gasteiger partial charge on any atom is 0.308 e. The van der Waals surface area contributed by atoms with Crippen LogP contribution >= 0.6 is 0 Å². The van der Waals surface area contributed by atoms with Crippen molar-refractivity contribution in [1.82, 2.24) is 10.6 Å². The fourth-order valence-electron chi connectivity index (χ4n) is 4.44. The molecule has 3 aromatic rings. The van der Waals surface area contributed by atoms with Crippen molar-refractivity contribution in [3.05, 3.63) is 77.9 Å². The van der Waals surface area contributed by atoms with E-state index in [-0.39, 0.29) is 29.8 Å². The Hall–Kier alpha value is -3.87. The van der Waals surface area contributed by atoms with Crippen LogP contribution in [0.15, 0.2) is 66.7 Å². The van der Waals surface area contributed by atoms with Crippen molar-refractivity contribution in [3.63, 3.8) is 0 Å². The van der Waals surface area contributed by atoms with Crippen LogP contribution in [0.3, 0.4) is 0 Å². The Labute approximate surface area is 211 Å². The molecule has 0 unspecified atom stereocenters. The Morgan fingerprint density at radius 3 is 2.06 bits per heavy atom. The van der Waals surface area contributed by atoms with E-state index in [1.807, 2.05) is 43.3 Å². The van der Waals surface area contributed by atoms with Crippen LogP contribution in [0.4, 0.5) is 0 Å². The predicted octanol–water partition coefficient (Wildman–Crippen LogP) is 4.50. The van der Waals surface area contributed by atoms with E-state index in [4.69, 9.17) is 9.47 Å². The molecule has 0 spiro atoms. The number of ether oxygens (including phenoxy) is 2. The second-order valence-electron chi connectivity index (χ2n) is 8.94. The van der Waals surface area contributed by atoms with Gasteiger partial charge in [0.25, 0.3) is 11.8 Å². The minimum absolute atomic E-state index is 0.0340. The third-order valence-corrected chi connectivity index (χ3v) is 6.42. The lowest BCUT2D eigenvalue weighted by Crippen LogP contribution is -2.34. The van der Waals surface area contributed by atoms with E-state index < -0.39 is 0 Å². The third-order valence-electron chi connectivity index (χ3n) is 6.42. The summed E-state index contributed by atoms with van der Waals surface area (Å²) in [6, 6.07) is 20.5. The van der Waals surface area contributed by atoms with Crippen LogP contribution in [-0.4, -0.2) is 43.6 Å². The molecule has 3 aromatic carbocycles.